The largest absolute Gasteiger partial charge is 0.497 e. The van der Waals surface area contributed by atoms with Crippen molar-refractivity contribution in [1.82, 2.24) is 14.8 Å². The SMILES string of the molecule is COc1cccc(CSc2nc3n(n2)[C@H](c2ccc(OC)c(OC)c2)C(C(=O)Nc2ccccc2)=C(C)N3)c1. The van der Waals surface area contributed by atoms with Crippen molar-refractivity contribution in [2.75, 3.05) is 32.0 Å². The van der Waals surface area contributed by atoms with Gasteiger partial charge in [-0.1, -0.05) is 48.2 Å². The lowest BCUT2D eigenvalue weighted by Crippen LogP contribution is -2.31. The molecular weight excluding hydrogens is 514 g/mol. The Hall–Kier alpha value is -4.44. The summed E-state index contributed by atoms with van der Waals surface area (Å²) in [5.41, 5.74) is 3.81. The van der Waals surface area contributed by atoms with E-state index < -0.39 is 6.04 Å². The molecule has 5 rings (SSSR count). The van der Waals surface area contributed by atoms with E-state index in [4.69, 9.17) is 24.3 Å². The molecule has 2 heterocycles. The number of fused-ring (bicyclic) bond motifs is 1. The lowest BCUT2D eigenvalue weighted by atomic mass is 9.94. The van der Waals surface area contributed by atoms with Crippen molar-refractivity contribution in [1.29, 1.82) is 0 Å². The molecule has 0 saturated carbocycles. The van der Waals surface area contributed by atoms with Crippen LogP contribution < -0.4 is 24.8 Å². The minimum absolute atomic E-state index is 0.238. The number of anilines is 2. The lowest BCUT2D eigenvalue weighted by Gasteiger charge is -2.29. The summed E-state index contributed by atoms with van der Waals surface area (Å²) in [6, 6.07) is 22.3. The van der Waals surface area contributed by atoms with Crippen molar-refractivity contribution < 1.29 is 19.0 Å². The molecule has 1 amide bonds. The molecule has 9 nitrogen and oxygen atoms in total. The molecule has 0 unspecified atom stereocenters. The fourth-order valence-corrected chi connectivity index (χ4v) is 5.22. The Morgan fingerprint density at radius 1 is 0.974 bits per heavy atom. The Bertz CT molecular complexity index is 1520. The highest BCUT2D eigenvalue weighted by molar-refractivity contribution is 7.98. The number of carbonyl (C=O) groups excluding carboxylic acids is 1. The first kappa shape index (κ1) is 26.2. The third-order valence-corrected chi connectivity index (χ3v) is 7.24. The van der Waals surface area contributed by atoms with Gasteiger partial charge in [-0.2, -0.15) is 4.98 Å². The molecule has 10 heteroatoms. The van der Waals surface area contributed by atoms with E-state index in [-0.39, 0.29) is 5.91 Å². The number of hydrogen-bond donors (Lipinski definition) is 2. The molecule has 0 spiro atoms. The minimum Gasteiger partial charge on any atom is -0.497 e. The number of thioether (sulfide) groups is 1. The molecule has 0 radical (unpaired) electrons. The Morgan fingerprint density at radius 2 is 1.77 bits per heavy atom. The van der Waals surface area contributed by atoms with Crippen LogP contribution in [0.2, 0.25) is 0 Å². The van der Waals surface area contributed by atoms with Gasteiger partial charge in [0.2, 0.25) is 11.1 Å². The van der Waals surface area contributed by atoms with Gasteiger partial charge in [-0.15, -0.1) is 5.10 Å². The molecule has 2 N–H and O–H groups in total. The molecule has 3 aromatic carbocycles. The van der Waals surface area contributed by atoms with E-state index >= 15 is 0 Å². The summed E-state index contributed by atoms with van der Waals surface area (Å²) in [6.07, 6.45) is 0. The number of amides is 1. The predicted octanol–water partition coefficient (Wildman–Crippen LogP) is 5.52. The van der Waals surface area contributed by atoms with Crippen LogP contribution in [0.15, 0.2) is 89.2 Å². The van der Waals surface area contributed by atoms with Gasteiger partial charge in [0.05, 0.1) is 26.9 Å². The molecule has 0 aliphatic carbocycles. The summed E-state index contributed by atoms with van der Waals surface area (Å²) >= 11 is 1.51. The first-order valence-electron chi connectivity index (χ1n) is 12.3. The zero-order chi connectivity index (χ0) is 27.4. The number of rotatable bonds is 9. The number of para-hydroxylation sites is 1. The van der Waals surface area contributed by atoms with Crippen LogP contribution in [0.3, 0.4) is 0 Å². The molecule has 1 aromatic heterocycles. The van der Waals surface area contributed by atoms with Gasteiger partial charge in [-0.25, -0.2) is 4.68 Å². The Morgan fingerprint density at radius 3 is 2.51 bits per heavy atom. The van der Waals surface area contributed by atoms with Gasteiger partial charge in [0.25, 0.3) is 5.91 Å². The summed E-state index contributed by atoms with van der Waals surface area (Å²) in [5, 5.41) is 11.7. The third-order valence-electron chi connectivity index (χ3n) is 6.33. The molecule has 1 aliphatic heterocycles. The Balaban J connectivity index is 1.51. The molecule has 200 valence electrons. The fourth-order valence-electron chi connectivity index (χ4n) is 4.45. The average Bonchev–Trinajstić information content (AvgIpc) is 3.37. The second kappa shape index (κ2) is 11.5. The molecule has 4 aromatic rings. The maximum absolute atomic E-state index is 13.7. The smallest absolute Gasteiger partial charge is 0.255 e. The van der Waals surface area contributed by atoms with Crippen LogP contribution in [0.25, 0.3) is 0 Å². The summed E-state index contributed by atoms with van der Waals surface area (Å²) in [6.45, 7) is 1.87. The third kappa shape index (κ3) is 5.56. The van der Waals surface area contributed by atoms with E-state index in [0.29, 0.717) is 45.3 Å². The van der Waals surface area contributed by atoms with Crippen LogP contribution in [0.5, 0.6) is 17.2 Å². The van der Waals surface area contributed by atoms with E-state index in [1.165, 1.54) is 11.8 Å². The highest BCUT2D eigenvalue weighted by atomic mass is 32.2. The number of methoxy groups -OCH3 is 3. The van der Waals surface area contributed by atoms with Crippen molar-refractivity contribution in [2.24, 2.45) is 0 Å². The molecule has 1 atom stereocenters. The number of hydrogen-bond acceptors (Lipinski definition) is 8. The fraction of sp³-hybridized carbons (Fsp3) is 0.207. The first-order chi connectivity index (χ1) is 19.0. The second-order valence-electron chi connectivity index (χ2n) is 8.80. The second-order valence-corrected chi connectivity index (χ2v) is 9.75. The van der Waals surface area contributed by atoms with E-state index in [9.17, 15) is 4.79 Å². The van der Waals surface area contributed by atoms with Gasteiger partial charge in [-0.05, 0) is 54.4 Å². The number of carbonyl (C=O) groups is 1. The summed E-state index contributed by atoms with van der Waals surface area (Å²) in [7, 11) is 4.83. The Kier molecular flexibility index (Phi) is 7.74. The van der Waals surface area contributed by atoms with Crippen molar-refractivity contribution in [3.63, 3.8) is 0 Å². The highest BCUT2D eigenvalue weighted by Gasteiger charge is 2.35. The van der Waals surface area contributed by atoms with E-state index in [1.54, 1.807) is 26.0 Å². The van der Waals surface area contributed by atoms with Crippen molar-refractivity contribution in [3.05, 3.63) is 95.2 Å². The number of allylic oxidation sites excluding steroid dienone is 1. The zero-order valence-electron chi connectivity index (χ0n) is 22.1. The maximum Gasteiger partial charge on any atom is 0.255 e. The molecule has 0 bridgehead atoms. The van der Waals surface area contributed by atoms with Gasteiger partial charge in [-0.3, -0.25) is 4.79 Å². The van der Waals surface area contributed by atoms with Crippen LogP contribution >= 0.6 is 11.8 Å². The molecule has 0 saturated heterocycles. The summed E-state index contributed by atoms with van der Waals surface area (Å²) < 4.78 is 18.1. The first-order valence-corrected chi connectivity index (χ1v) is 13.3. The topological polar surface area (TPSA) is 99.5 Å². The van der Waals surface area contributed by atoms with Gasteiger partial charge in [0, 0.05) is 17.1 Å². The zero-order valence-corrected chi connectivity index (χ0v) is 22.9. The number of nitrogens with zero attached hydrogens (tertiary/aromatic N) is 3. The van der Waals surface area contributed by atoms with Crippen LogP contribution in [-0.2, 0) is 10.5 Å². The predicted molar refractivity (Wildman–Crippen MR) is 152 cm³/mol. The lowest BCUT2D eigenvalue weighted by molar-refractivity contribution is -0.113. The normalized spacial score (nSPS) is 14.3. The van der Waals surface area contributed by atoms with E-state index in [0.717, 1.165) is 16.9 Å². The molecular formula is C29H29N5O4S. The standard InChI is InChI=1S/C29H29N5O4S/c1-18-25(27(35)31-21-10-6-5-7-11-21)26(20-13-14-23(37-3)24(16-20)38-4)34-28(30-18)32-29(33-34)39-17-19-9-8-12-22(15-19)36-2/h5-16,26H,17H2,1-4H3,(H,31,35)(H,30,32,33)/t26-/m1/s1. The van der Waals surface area contributed by atoms with Crippen LogP contribution in [0, 0.1) is 0 Å². The van der Waals surface area contributed by atoms with Crippen molar-refractivity contribution in [2.45, 2.75) is 23.9 Å². The van der Waals surface area contributed by atoms with Gasteiger partial charge >= 0.3 is 0 Å². The Labute approximate surface area is 231 Å². The minimum atomic E-state index is -0.552. The van der Waals surface area contributed by atoms with Crippen LogP contribution in [-0.4, -0.2) is 42.0 Å². The number of nitrogens with one attached hydrogen (secondary N) is 2. The van der Waals surface area contributed by atoms with Crippen molar-refractivity contribution >= 4 is 29.3 Å². The van der Waals surface area contributed by atoms with E-state index in [2.05, 4.69) is 10.6 Å². The maximum atomic E-state index is 13.7. The summed E-state index contributed by atoms with van der Waals surface area (Å²) in [5.74, 6) is 2.93. The molecule has 0 fully saturated rings. The number of aromatic nitrogens is 3. The van der Waals surface area contributed by atoms with Crippen LogP contribution in [0.4, 0.5) is 11.6 Å². The highest BCUT2D eigenvalue weighted by Crippen LogP contribution is 2.40. The van der Waals surface area contributed by atoms with Gasteiger partial charge < -0.3 is 24.8 Å². The van der Waals surface area contributed by atoms with Crippen molar-refractivity contribution in [3.8, 4) is 17.2 Å². The van der Waals surface area contributed by atoms with Crippen LogP contribution in [0.1, 0.15) is 24.1 Å². The summed E-state index contributed by atoms with van der Waals surface area (Å²) in [4.78, 5) is 18.4. The van der Waals surface area contributed by atoms with Gasteiger partial charge in [0.15, 0.2) is 11.5 Å². The number of benzene rings is 3. The van der Waals surface area contributed by atoms with E-state index in [1.807, 2.05) is 79.7 Å². The monoisotopic (exact) mass is 543 g/mol. The quantitative estimate of drug-likeness (QED) is 0.266. The van der Waals surface area contributed by atoms with Gasteiger partial charge in [0.1, 0.15) is 11.8 Å². The molecule has 1 aliphatic rings. The average molecular weight is 544 g/mol. The number of ether oxygens (including phenoxy) is 3. The molecule has 39 heavy (non-hydrogen) atoms.